The van der Waals surface area contributed by atoms with E-state index in [1.165, 1.54) is 7.11 Å². The van der Waals surface area contributed by atoms with Gasteiger partial charge in [-0.2, -0.15) is 0 Å². The highest BCUT2D eigenvalue weighted by molar-refractivity contribution is 5.97. The molecule has 1 aliphatic rings. The minimum Gasteiger partial charge on any atom is -0.504 e. The van der Waals surface area contributed by atoms with E-state index in [0.717, 1.165) is 19.5 Å². The third kappa shape index (κ3) is 2.98. The number of hydrogen-bond donors (Lipinski definition) is 3. The zero-order chi connectivity index (χ0) is 13.8. The molecule has 0 aliphatic carbocycles. The maximum absolute atomic E-state index is 12.2. The van der Waals surface area contributed by atoms with Crippen molar-refractivity contribution in [1.82, 2.24) is 10.6 Å². The molecule has 2 atom stereocenters. The van der Waals surface area contributed by atoms with E-state index in [4.69, 9.17) is 4.74 Å². The lowest BCUT2D eigenvalue weighted by Gasteiger charge is -2.20. The largest absolute Gasteiger partial charge is 0.504 e. The number of amides is 1. The van der Waals surface area contributed by atoms with Gasteiger partial charge in [0.1, 0.15) is 0 Å². The lowest BCUT2D eigenvalue weighted by atomic mass is 10.00. The van der Waals surface area contributed by atoms with E-state index < -0.39 is 0 Å². The number of hydrogen-bond acceptors (Lipinski definition) is 4. The van der Waals surface area contributed by atoms with E-state index in [0.29, 0.717) is 11.7 Å². The van der Waals surface area contributed by atoms with Crippen LogP contribution in [-0.2, 0) is 0 Å². The van der Waals surface area contributed by atoms with Gasteiger partial charge in [-0.05, 0) is 44.5 Å². The molecule has 0 saturated carbocycles. The van der Waals surface area contributed by atoms with Crippen LogP contribution in [0.1, 0.15) is 23.7 Å². The molecule has 0 bridgehead atoms. The first-order valence-electron chi connectivity index (χ1n) is 6.51. The number of nitrogens with one attached hydrogen (secondary N) is 2. The van der Waals surface area contributed by atoms with Crippen LogP contribution in [0.15, 0.2) is 18.2 Å². The minimum atomic E-state index is -0.268. The van der Waals surface area contributed by atoms with Crippen molar-refractivity contribution in [3.63, 3.8) is 0 Å². The second-order valence-corrected chi connectivity index (χ2v) is 4.87. The SMILES string of the molecule is COc1cccc(C(=O)NC(C)C2CCNC2)c1O. The van der Waals surface area contributed by atoms with Crippen molar-refractivity contribution in [2.75, 3.05) is 20.2 Å². The molecule has 19 heavy (non-hydrogen) atoms. The van der Waals surface area contributed by atoms with Gasteiger partial charge in [0, 0.05) is 6.04 Å². The molecular weight excluding hydrogens is 244 g/mol. The Kier molecular flexibility index (Phi) is 4.27. The van der Waals surface area contributed by atoms with Gasteiger partial charge in [0.15, 0.2) is 11.5 Å². The van der Waals surface area contributed by atoms with E-state index in [1.807, 2.05) is 6.92 Å². The van der Waals surface area contributed by atoms with Crippen LogP contribution in [0.4, 0.5) is 0 Å². The molecule has 0 radical (unpaired) electrons. The highest BCUT2D eigenvalue weighted by Gasteiger charge is 2.24. The second kappa shape index (κ2) is 5.93. The Morgan fingerprint density at radius 2 is 2.37 bits per heavy atom. The molecule has 3 N–H and O–H groups in total. The van der Waals surface area contributed by atoms with Gasteiger partial charge >= 0.3 is 0 Å². The average Bonchev–Trinajstić information content (AvgIpc) is 2.92. The smallest absolute Gasteiger partial charge is 0.255 e. The van der Waals surface area contributed by atoms with Crippen molar-refractivity contribution < 1.29 is 14.6 Å². The number of ether oxygens (including phenoxy) is 1. The summed E-state index contributed by atoms with van der Waals surface area (Å²) in [5.41, 5.74) is 0.247. The molecule has 5 nitrogen and oxygen atoms in total. The zero-order valence-corrected chi connectivity index (χ0v) is 11.3. The summed E-state index contributed by atoms with van der Waals surface area (Å²) in [5.74, 6) is 0.370. The molecule has 1 aromatic rings. The number of carbonyl (C=O) groups is 1. The van der Waals surface area contributed by atoms with Crippen molar-refractivity contribution >= 4 is 5.91 Å². The van der Waals surface area contributed by atoms with Gasteiger partial charge in [-0.15, -0.1) is 0 Å². The third-order valence-corrected chi connectivity index (χ3v) is 3.63. The summed E-state index contributed by atoms with van der Waals surface area (Å²) >= 11 is 0. The van der Waals surface area contributed by atoms with Crippen LogP contribution in [0, 0.1) is 5.92 Å². The van der Waals surface area contributed by atoms with E-state index in [1.54, 1.807) is 18.2 Å². The highest BCUT2D eigenvalue weighted by atomic mass is 16.5. The predicted octanol–water partition coefficient (Wildman–Crippen LogP) is 1.13. The molecule has 1 aliphatic heterocycles. The number of rotatable bonds is 4. The Morgan fingerprint density at radius 3 is 3.00 bits per heavy atom. The third-order valence-electron chi connectivity index (χ3n) is 3.63. The maximum Gasteiger partial charge on any atom is 0.255 e. The van der Waals surface area contributed by atoms with Crippen LogP contribution < -0.4 is 15.4 Å². The highest BCUT2D eigenvalue weighted by Crippen LogP contribution is 2.29. The summed E-state index contributed by atoms with van der Waals surface area (Å²) in [6.07, 6.45) is 1.06. The normalized spacial score (nSPS) is 20.0. The van der Waals surface area contributed by atoms with Crippen LogP contribution in [0.3, 0.4) is 0 Å². The molecule has 0 aromatic heterocycles. The molecule has 2 unspecified atom stereocenters. The van der Waals surface area contributed by atoms with E-state index in [2.05, 4.69) is 10.6 Å². The zero-order valence-electron chi connectivity index (χ0n) is 11.3. The molecule has 1 saturated heterocycles. The molecule has 1 heterocycles. The second-order valence-electron chi connectivity index (χ2n) is 4.87. The quantitative estimate of drug-likeness (QED) is 0.762. The van der Waals surface area contributed by atoms with Gasteiger partial charge in [0.2, 0.25) is 0 Å². The monoisotopic (exact) mass is 264 g/mol. The summed E-state index contributed by atoms with van der Waals surface area (Å²) in [7, 11) is 1.46. The fourth-order valence-electron chi connectivity index (χ4n) is 2.38. The van der Waals surface area contributed by atoms with E-state index in [-0.39, 0.29) is 23.3 Å². The fraction of sp³-hybridized carbons (Fsp3) is 0.500. The topological polar surface area (TPSA) is 70.6 Å². The minimum absolute atomic E-state index is 0.0769. The van der Waals surface area contributed by atoms with Gasteiger partial charge in [-0.1, -0.05) is 6.07 Å². The molecule has 2 rings (SSSR count). The molecule has 104 valence electrons. The number of methoxy groups -OCH3 is 1. The number of benzene rings is 1. The predicted molar refractivity (Wildman–Crippen MR) is 72.6 cm³/mol. The summed E-state index contributed by atoms with van der Waals surface area (Å²) < 4.78 is 5.00. The van der Waals surface area contributed by atoms with Crippen LogP contribution in [-0.4, -0.2) is 37.3 Å². The molecule has 1 aromatic carbocycles. The first-order valence-corrected chi connectivity index (χ1v) is 6.51. The Bertz CT molecular complexity index is 456. The number of phenolic OH excluding ortho intramolecular Hbond substituents is 1. The van der Waals surface area contributed by atoms with E-state index in [9.17, 15) is 9.90 Å². The Labute approximate surface area is 113 Å². The van der Waals surface area contributed by atoms with Crippen molar-refractivity contribution in [2.45, 2.75) is 19.4 Å². The number of phenols is 1. The lowest BCUT2D eigenvalue weighted by Crippen LogP contribution is -2.38. The standard InChI is InChI=1S/C14H20N2O3/c1-9(10-6-7-15-8-10)16-14(18)11-4-3-5-12(19-2)13(11)17/h3-5,9-10,15,17H,6-8H2,1-2H3,(H,16,18). The molecular formula is C14H20N2O3. The van der Waals surface area contributed by atoms with Crippen LogP contribution in [0.2, 0.25) is 0 Å². The summed E-state index contributed by atoms with van der Waals surface area (Å²) in [6, 6.07) is 4.98. The Morgan fingerprint density at radius 1 is 1.58 bits per heavy atom. The fourth-order valence-corrected chi connectivity index (χ4v) is 2.38. The molecule has 0 spiro atoms. The molecule has 1 amide bonds. The van der Waals surface area contributed by atoms with Crippen LogP contribution >= 0.6 is 0 Å². The van der Waals surface area contributed by atoms with Gasteiger partial charge in [-0.25, -0.2) is 0 Å². The molecule has 5 heteroatoms. The average molecular weight is 264 g/mol. The van der Waals surface area contributed by atoms with Gasteiger partial charge in [-0.3, -0.25) is 4.79 Å². The first kappa shape index (κ1) is 13.7. The Hall–Kier alpha value is -1.75. The van der Waals surface area contributed by atoms with Gasteiger partial charge in [0.05, 0.1) is 12.7 Å². The van der Waals surface area contributed by atoms with Gasteiger partial charge in [0.25, 0.3) is 5.91 Å². The number of aromatic hydroxyl groups is 1. The van der Waals surface area contributed by atoms with E-state index >= 15 is 0 Å². The van der Waals surface area contributed by atoms with Crippen LogP contribution in [0.5, 0.6) is 11.5 Å². The summed E-state index contributed by atoms with van der Waals surface area (Å²) in [6.45, 7) is 3.91. The van der Waals surface area contributed by atoms with Crippen LogP contribution in [0.25, 0.3) is 0 Å². The van der Waals surface area contributed by atoms with Crippen molar-refractivity contribution in [2.24, 2.45) is 5.92 Å². The maximum atomic E-state index is 12.2. The summed E-state index contributed by atoms with van der Waals surface area (Å²) in [4.78, 5) is 12.2. The van der Waals surface area contributed by atoms with Gasteiger partial charge < -0.3 is 20.5 Å². The van der Waals surface area contributed by atoms with Crippen molar-refractivity contribution in [3.05, 3.63) is 23.8 Å². The summed E-state index contributed by atoms with van der Waals surface area (Å²) in [5, 5.41) is 16.2. The van der Waals surface area contributed by atoms with Crippen molar-refractivity contribution in [3.8, 4) is 11.5 Å². The Balaban J connectivity index is 2.07. The molecule has 1 fully saturated rings. The number of para-hydroxylation sites is 1. The first-order chi connectivity index (χ1) is 9.13. The number of carbonyl (C=O) groups excluding carboxylic acids is 1. The lowest BCUT2D eigenvalue weighted by molar-refractivity contribution is 0.0925. The van der Waals surface area contributed by atoms with Crippen molar-refractivity contribution in [1.29, 1.82) is 0 Å².